The zero-order chi connectivity index (χ0) is 39.1. The van der Waals surface area contributed by atoms with Gasteiger partial charge in [-0.15, -0.1) is 0 Å². The van der Waals surface area contributed by atoms with E-state index in [0.717, 1.165) is 50.6 Å². The van der Waals surface area contributed by atoms with Crippen molar-refractivity contribution in [2.24, 2.45) is 0 Å². The van der Waals surface area contributed by atoms with Gasteiger partial charge in [0.2, 0.25) is 0 Å². The zero-order valence-electron chi connectivity index (χ0n) is 32.1. The first kappa shape index (κ1) is 35.9. The molecule has 0 aliphatic heterocycles. The monoisotopic (exact) mass is 743 g/mol. The van der Waals surface area contributed by atoms with Crippen LogP contribution < -0.4 is 4.90 Å². The maximum Gasteiger partial charge on any atom is 0.145 e. The normalized spacial score (nSPS) is 11.6. The van der Waals surface area contributed by atoms with Crippen molar-refractivity contribution in [2.45, 2.75) is 0 Å². The van der Waals surface area contributed by atoms with E-state index in [0.29, 0.717) is 0 Å². The maximum atomic E-state index is 5.03. The van der Waals surface area contributed by atoms with Crippen molar-refractivity contribution in [1.29, 1.82) is 0 Å². The minimum atomic E-state index is 0.936. The van der Waals surface area contributed by atoms with Gasteiger partial charge in [-0.2, -0.15) is 0 Å². The molecule has 0 saturated heterocycles. The van der Waals surface area contributed by atoms with Crippen molar-refractivity contribution < 1.29 is 0 Å². The lowest BCUT2D eigenvalue weighted by Crippen LogP contribution is -2.07. The molecule has 0 radical (unpaired) electrons. The number of benzene rings is 8. The van der Waals surface area contributed by atoms with Gasteiger partial charge in [-0.1, -0.05) is 183 Å². The number of para-hydroxylation sites is 5. The molecule has 0 aliphatic rings. The molecule has 9 aromatic rings. The Morgan fingerprint density at radius 1 is 0.448 bits per heavy atom. The van der Waals surface area contributed by atoms with Gasteiger partial charge in [-0.05, 0) is 99.1 Å². The number of rotatable bonds is 11. The molecule has 0 fully saturated rings. The Morgan fingerprint density at radius 3 is 1.34 bits per heavy atom. The van der Waals surface area contributed by atoms with Gasteiger partial charge in [0.25, 0.3) is 0 Å². The number of fused-ring (bicyclic) bond motifs is 1. The largest absolute Gasteiger partial charge is 0.317 e. The molecule has 9 rings (SSSR count). The summed E-state index contributed by atoms with van der Waals surface area (Å²) in [6.45, 7) is 4.11. The summed E-state index contributed by atoms with van der Waals surface area (Å²) in [6.07, 6.45) is 8.20. The molecule has 0 aliphatic carbocycles. The van der Waals surface area contributed by atoms with Gasteiger partial charge in [-0.3, -0.25) is 4.57 Å². The van der Waals surface area contributed by atoms with Gasteiger partial charge in [0.15, 0.2) is 0 Å². The second-order valence-corrected chi connectivity index (χ2v) is 14.1. The molecule has 0 bridgehead atoms. The number of imidazole rings is 1. The van der Waals surface area contributed by atoms with Crippen LogP contribution in [0.5, 0.6) is 0 Å². The molecule has 276 valence electrons. The molecule has 1 aromatic heterocycles. The first-order chi connectivity index (χ1) is 28.7. The van der Waals surface area contributed by atoms with Crippen LogP contribution >= 0.6 is 0 Å². The van der Waals surface area contributed by atoms with E-state index in [9.17, 15) is 0 Å². The van der Waals surface area contributed by atoms with E-state index < -0.39 is 0 Å². The van der Waals surface area contributed by atoms with Crippen LogP contribution in [0.3, 0.4) is 0 Å². The molecular weight excluding hydrogens is 703 g/mol. The van der Waals surface area contributed by atoms with Crippen molar-refractivity contribution in [2.75, 3.05) is 4.90 Å². The minimum Gasteiger partial charge on any atom is -0.317 e. The summed E-state index contributed by atoms with van der Waals surface area (Å²) in [7, 11) is 0. The van der Waals surface area contributed by atoms with Crippen LogP contribution in [-0.4, -0.2) is 9.55 Å². The summed E-state index contributed by atoms with van der Waals surface area (Å²) in [5, 5.41) is 0. The highest BCUT2D eigenvalue weighted by Crippen LogP contribution is 2.33. The van der Waals surface area contributed by atoms with Crippen LogP contribution in [0.1, 0.15) is 5.56 Å². The van der Waals surface area contributed by atoms with Crippen LogP contribution in [0.2, 0.25) is 0 Å². The second kappa shape index (κ2) is 16.5. The third-order valence-corrected chi connectivity index (χ3v) is 10.5. The Morgan fingerprint density at radius 2 is 0.862 bits per heavy atom. The van der Waals surface area contributed by atoms with E-state index >= 15 is 0 Å². The number of allylic oxidation sites excluding steroid dienone is 4. The van der Waals surface area contributed by atoms with Gasteiger partial charge in [0, 0.05) is 28.8 Å². The van der Waals surface area contributed by atoms with Crippen LogP contribution in [-0.2, 0) is 0 Å². The predicted octanol–water partition coefficient (Wildman–Crippen LogP) is 14.6. The van der Waals surface area contributed by atoms with Crippen molar-refractivity contribution in [3.63, 3.8) is 0 Å². The van der Waals surface area contributed by atoms with Crippen LogP contribution in [0.25, 0.3) is 67.1 Å². The topological polar surface area (TPSA) is 21.1 Å². The summed E-state index contributed by atoms with van der Waals surface area (Å²) in [5.41, 5.74) is 15.7. The van der Waals surface area contributed by atoms with Gasteiger partial charge in [0.1, 0.15) is 5.82 Å². The number of hydrogen-bond acceptors (Lipinski definition) is 2. The molecule has 3 nitrogen and oxygen atoms in total. The Balaban J connectivity index is 0.882. The van der Waals surface area contributed by atoms with Crippen LogP contribution in [0, 0.1) is 0 Å². The van der Waals surface area contributed by atoms with Crippen LogP contribution in [0.4, 0.5) is 11.4 Å². The fourth-order valence-corrected chi connectivity index (χ4v) is 7.45. The molecule has 1 heterocycles. The van der Waals surface area contributed by atoms with Crippen LogP contribution in [0.15, 0.2) is 243 Å². The fraction of sp³-hybridized carbons (Fsp3) is 0. The highest BCUT2D eigenvalue weighted by molar-refractivity contribution is 5.84. The third-order valence-electron chi connectivity index (χ3n) is 10.5. The lowest BCUT2D eigenvalue weighted by atomic mass is 9.96. The van der Waals surface area contributed by atoms with Gasteiger partial charge >= 0.3 is 0 Å². The SMILES string of the molecule is C=C/C(=C\C=C\N(c1ccccc1)c1ccccc1)c1ccc(-c2ccc(-c3ccc(-c4ccc(-c5nc6ccccc6n5-c5ccccc5)cc4)cc3)cc2)cc1. The second-order valence-electron chi connectivity index (χ2n) is 14.1. The van der Waals surface area contributed by atoms with Gasteiger partial charge in [-0.25, -0.2) is 4.98 Å². The van der Waals surface area contributed by atoms with E-state index in [4.69, 9.17) is 4.98 Å². The quantitative estimate of drug-likeness (QED) is 0.123. The average molecular weight is 744 g/mol. The molecule has 0 atom stereocenters. The Labute approximate surface area is 340 Å². The summed E-state index contributed by atoms with van der Waals surface area (Å²) in [6, 6.07) is 74.6. The standard InChI is InChI=1S/C55H41N3/c1-2-41(15-14-40-57(50-16-6-3-7-17-50)51-18-8-4-9-19-51)42-24-26-43(27-25-42)44-28-30-45(31-29-44)46-32-34-47(35-33-46)48-36-38-49(39-37-48)55-56-53-22-12-13-23-54(53)58(55)52-20-10-5-11-21-52/h2-40H,1H2/b40-14+,41-15+. The van der Waals surface area contributed by atoms with E-state index in [1.807, 2.05) is 30.3 Å². The minimum absolute atomic E-state index is 0.936. The van der Waals surface area contributed by atoms with E-state index in [-0.39, 0.29) is 0 Å². The smallest absolute Gasteiger partial charge is 0.145 e. The van der Waals surface area contributed by atoms with E-state index in [2.05, 4.69) is 222 Å². The van der Waals surface area contributed by atoms with Crippen molar-refractivity contribution in [1.82, 2.24) is 9.55 Å². The van der Waals surface area contributed by atoms with E-state index in [1.165, 1.54) is 33.4 Å². The molecule has 0 amide bonds. The molecule has 0 saturated carbocycles. The van der Waals surface area contributed by atoms with Crippen molar-refractivity contribution in [3.8, 4) is 50.5 Å². The first-order valence-electron chi connectivity index (χ1n) is 19.6. The summed E-state index contributed by atoms with van der Waals surface area (Å²) in [4.78, 5) is 7.21. The Kier molecular flexibility index (Phi) is 10.2. The van der Waals surface area contributed by atoms with Gasteiger partial charge < -0.3 is 4.90 Å². The lowest BCUT2D eigenvalue weighted by Gasteiger charge is -2.20. The Hall–Kier alpha value is -7.75. The summed E-state index contributed by atoms with van der Waals surface area (Å²) < 4.78 is 2.24. The molecule has 58 heavy (non-hydrogen) atoms. The van der Waals surface area contributed by atoms with E-state index in [1.54, 1.807) is 0 Å². The number of nitrogens with zero attached hydrogens (tertiary/aromatic N) is 3. The number of anilines is 2. The fourth-order valence-electron chi connectivity index (χ4n) is 7.45. The van der Waals surface area contributed by atoms with Gasteiger partial charge in [0.05, 0.1) is 11.0 Å². The first-order valence-corrected chi connectivity index (χ1v) is 19.6. The average Bonchev–Trinajstić information content (AvgIpc) is 3.70. The molecule has 3 heteroatoms. The number of aromatic nitrogens is 2. The third kappa shape index (κ3) is 7.58. The van der Waals surface area contributed by atoms with Crippen molar-refractivity contribution in [3.05, 3.63) is 249 Å². The number of hydrogen-bond donors (Lipinski definition) is 0. The molecule has 0 unspecified atom stereocenters. The van der Waals surface area contributed by atoms with Crippen molar-refractivity contribution >= 4 is 28.0 Å². The summed E-state index contributed by atoms with van der Waals surface area (Å²) >= 11 is 0. The molecule has 8 aromatic carbocycles. The Bertz CT molecular complexity index is 2790. The molecular formula is C55H41N3. The zero-order valence-corrected chi connectivity index (χ0v) is 32.1. The summed E-state index contributed by atoms with van der Waals surface area (Å²) in [5.74, 6) is 0.936. The predicted molar refractivity (Wildman–Crippen MR) is 245 cm³/mol. The lowest BCUT2D eigenvalue weighted by molar-refractivity contribution is 1.10. The molecule has 0 N–H and O–H groups in total. The maximum absolute atomic E-state index is 5.03. The molecule has 0 spiro atoms. The highest BCUT2D eigenvalue weighted by Gasteiger charge is 2.14. The highest BCUT2D eigenvalue weighted by atomic mass is 15.1.